The van der Waals surface area contributed by atoms with Gasteiger partial charge in [-0.05, 0) is 46.0 Å². The van der Waals surface area contributed by atoms with Crippen molar-refractivity contribution >= 4 is 5.91 Å². The third-order valence-electron chi connectivity index (χ3n) is 6.31. The molecule has 3 nitrogen and oxygen atoms in total. The summed E-state index contributed by atoms with van der Waals surface area (Å²) in [4.78, 5) is 14.8. The fraction of sp³-hybridized carbons (Fsp3) is 0.864. The second-order valence-electron chi connectivity index (χ2n) is 8.32. The molecule has 1 saturated carbocycles. The van der Waals surface area contributed by atoms with Crippen LogP contribution < -0.4 is 5.32 Å². The second kappa shape index (κ2) is 11.0. The first-order chi connectivity index (χ1) is 12.1. The van der Waals surface area contributed by atoms with Gasteiger partial charge in [-0.3, -0.25) is 9.69 Å². The van der Waals surface area contributed by atoms with Crippen molar-refractivity contribution in [1.29, 1.82) is 0 Å². The van der Waals surface area contributed by atoms with Crippen LogP contribution in [0.15, 0.2) is 11.1 Å². The van der Waals surface area contributed by atoms with Gasteiger partial charge in [0.05, 0.1) is 6.04 Å². The molecule has 0 bridgehead atoms. The number of quaternary nitrogens is 1. The molecule has 144 valence electrons. The molecule has 0 aromatic heterocycles. The van der Waals surface area contributed by atoms with Crippen molar-refractivity contribution in [3.63, 3.8) is 0 Å². The Bertz CT molecular complexity index is 431. The SMILES string of the molecule is CCCCN1C(=O)C(C)=C(C)[C@H]1[NH2+]C1CCCCCCCCCCC1. The molecule has 1 aliphatic heterocycles. The van der Waals surface area contributed by atoms with Gasteiger partial charge in [0.2, 0.25) is 0 Å². The molecule has 1 aliphatic carbocycles. The van der Waals surface area contributed by atoms with E-state index >= 15 is 0 Å². The average Bonchev–Trinajstić information content (AvgIpc) is 2.79. The third kappa shape index (κ3) is 6.13. The van der Waals surface area contributed by atoms with Crippen molar-refractivity contribution in [2.24, 2.45) is 0 Å². The molecule has 1 amide bonds. The number of rotatable bonds is 5. The van der Waals surface area contributed by atoms with Gasteiger partial charge < -0.3 is 5.32 Å². The Labute approximate surface area is 155 Å². The van der Waals surface area contributed by atoms with Gasteiger partial charge in [0.1, 0.15) is 0 Å². The van der Waals surface area contributed by atoms with Gasteiger partial charge in [0, 0.05) is 17.7 Å². The van der Waals surface area contributed by atoms with Gasteiger partial charge >= 0.3 is 0 Å². The zero-order chi connectivity index (χ0) is 18.1. The number of carbonyl (C=O) groups excluding carboxylic acids is 1. The molecule has 25 heavy (non-hydrogen) atoms. The topological polar surface area (TPSA) is 36.9 Å². The molecular weight excluding hydrogens is 308 g/mol. The maximum Gasteiger partial charge on any atom is 0.254 e. The standard InChI is InChI=1S/C22H40N2O/c1-4-5-17-24-21(18(2)19(3)22(24)25)23-20-15-13-11-9-7-6-8-10-12-14-16-20/h20-21,23H,4-17H2,1-3H3/p+1/t21-/m0/s1. The quantitative estimate of drug-likeness (QED) is 0.778. The summed E-state index contributed by atoms with van der Waals surface area (Å²) in [5.74, 6) is 0.278. The van der Waals surface area contributed by atoms with Gasteiger partial charge in [0.25, 0.3) is 5.91 Å². The summed E-state index contributed by atoms with van der Waals surface area (Å²) in [6.07, 6.45) is 17.8. The predicted octanol–water partition coefficient (Wildman–Crippen LogP) is 4.53. The van der Waals surface area contributed by atoms with Crippen molar-refractivity contribution in [2.45, 2.75) is 116 Å². The molecular formula is C22H41N2O+. The highest BCUT2D eigenvalue weighted by Gasteiger charge is 2.38. The fourth-order valence-electron chi connectivity index (χ4n) is 4.43. The first-order valence-corrected chi connectivity index (χ1v) is 11.0. The number of amides is 1. The molecule has 0 unspecified atom stereocenters. The number of hydrogen-bond acceptors (Lipinski definition) is 1. The third-order valence-corrected chi connectivity index (χ3v) is 6.31. The summed E-state index contributed by atoms with van der Waals surface area (Å²) in [5, 5.41) is 2.55. The molecule has 1 heterocycles. The summed E-state index contributed by atoms with van der Waals surface area (Å²) in [7, 11) is 0. The van der Waals surface area contributed by atoms with E-state index in [1.807, 2.05) is 6.92 Å². The van der Waals surface area contributed by atoms with Crippen LogP contribution in [0.5, 0.6) is 0 Å². The first-order valence-electron chi connectivity index (χ1n) is 11.0. The zero-order valence-electron chi connectivity index (χ0n) is 17.0. The van der Waals surface area contributed by atoms with Crippen LogP contribution in [0.2, 0.25) is 0 Å². The van der Waals surface area contributed by atoms with Crippen LogP contribution in [-0.4, -0.2) is 29.6 Å². The highest BCUT2D eigenvalue weighted by molar-refractivity contribution is 5.96. The molecule has 0 aromatic rings. The lowest BCUT2D eigenvalue weighted by atomic mass is 9.97. The molecule has 0 saturated heterocycles. The highest BCUT2D eigenvalue weighted by Crippen LogP contribution is 2.23. The summed E-state index contributed by atoms with van der Waals surface area (Å²) in [6.45, 7) is 7.32. The lowest BCUT2D eigenvalue weighted by Crippen LogP contribution is -2.97. The van der Waals surface area contributed by atoms with Crippen molar-refractivity contribution < 1.29 is 10.1 Å². The minimum Gasteiger partial charge on any atom is -0.320 e. The summed E-state index contributed by atoms with van der Waals surface area (Å²) in [6, 6.07) is 0.683. The van der Waals surface area contributed by atoms with E-state index in [2.05, 4.69) is 24.1 Å². The number of hydrogen-bond donors (Lipinski definition) is 1. The molecule has 0 radical (unpaired) electrons. The molecule has 2 aliphatic rings. The monoisotopic (exact) mass is 349 g/mol. The Kier molecular flexibility index (Phi) is 9.02. The summed E-state index contributed by atoms with van der Waals surface area (Å²) >= 11 is 0. The lowest BCUT2D eigenvalue weighted by Gasteiger charge is -2.28. The van der Waals surface area contributed by atoms with Gasteiger partial charge in [-0.25, -0.2) is 0 Å². The molecule has 2 N–H and O–H groups in total. The van der Waals surface area contributed by atoms with E-state index < -0.39 is 0 Å². The van der Waals surface area contributed by atoms with Crippen molar-refractivity contribution in [3.8, 4) is 0 Å². The second-order valence-corrected chi connectivity index (χ2v) is 8.32. The van der Waals surface area contributed by atoms with Crippen LogP contribution >= 0.6 is 0 Å². The van der Waals surface area contributed by atoms with Crippen LogP contribution in [-0.2, 0) is 4.79 Å². The Morgan fingerprint density at radius 3 is 1.96 bits per heavy atom. The Morgan fingerprint density at radius 1 is 0.920 bits per heavy atom. The predicted molar refractivity (Wildman–Crippen MR) is 105 cm³/mol. The van der Waals surface area contributed by atoms with Crippen molar-refractivity contribution in [2.75, 3.05) is 6.54 Å². The van der Waals surface area contributed by atoms with Gasteiger partial charge in [-0.2, -0.15) is 0 Å². The number of nitrogens with two attached hydrogens (primary N) is 1. The van der Waals surface area contributed by atoms with E-state index in [1.54, 1.807) is 0 Å². The zero-order valence-corrected chi connectivity index (χ0v) is 17.0. The number of nitrogens with zero attached hydrogens (tertiary/aromatic N) is 1. The maximum atomic E-state index is 12.6. The molecule has 1 fully saturated rings. The van der Waals surface area contributed by atoms with Gasteiger partial charge in [-0.1, -0.05) is 58.3 Å². The fourth-order valence-corrected chi connectivity index (χ4v) is 4.43. The van der Waals surface area contributed by atoms with Crippen LogP contribution in [0, 0.1) is 0 Å². The smallest absolute Gasteiger partial charge is 0.254 e. The minimum absolute atomic E-state index is 0.261. The number of unbranched alkanes of at least 4 members (excludes halogenated alkanes) is 1. The van der Waals surface area contributed by atoms with E-state index in [0.29, 0.717) is 6.04 Å². The lowest BCUT2D eigenvalue weighted by molar-refractivity contribution is -0.729. The summed E-state index contributed by atoms with van der Waals surface area (Å²) < 4.78 is 0. The summed E-state index contributed by atoms with van der Waals surface area (Å²) in [5.41, 5.74) is 2.29. The van der Waals surface area contributed by atoms with E-state index in [-0.39, 0.29) is 12.1 Å². The van der Waals surface area contributed by atoms with E-state index in [4.69, 9.17) is 0 Å². The van der Waals surface area contributed by atoms with Gasteiger partial charge in [-0.15, -0.1) is 0 Å². The van der Waals surface area contributed by atoms with E-state index in [9.17, 15) is 4.79 Å². The molecule has 3 heteroatoms. The van der Waals surface area contributed by atoms with Crippen LogP contribution in [0.4, 0.5) is 0 Å². The normalized spacial score (nSPS) is 25.2. The average molecular weight is 350 g/mol. The van der Waals surface area contributed by atoms with E-state index in [1.165, 1.54) is 76.2 Å². The Hall–Kier alpha value is -0.830. The van der Waals surface area contributed by atoms with Crippen molar-refractivity contribution in [1.82, 2.24) is 4.90 Å². The first kappa shape index (κ1) is 20.5. The molecule has 1 atom stereocenters. The number of carbonyl (C=O) groups is 1. The van der Waals surface area contributed by atoms with Gasteiger partial charge in [0.15, 0.2) is 6.17 Å². The largest absolute Gasteiger partial charge is 0.320 e. The maximum absolute atomic E-state index is 12.6. The molecule has 2 rings (SSSR count). The Balaban J connectivity index is 1.97. The van der Waals surface area contributed by atoms with E-state index in [0.717, 1.165) is 25.0 Å². The highest BCUT2D eigenvalue weighted by atomic mass is 16.2. The molecule has 0 aromatic carbocycles. The minimum atomic E-state index is 0.261. The van der Waals surface area contributed by atoms with Crippen molar-refractivity contribution in [3.05, 3.63) is 11.1 Å². The van der Waals surface area contributed by atoms with Crippen LogP contribution in [0.3, 0.4) is 0 Å². The Morgan fingerprint density at radius 2 is 1.44 bits per heavy atom. The molecule has 0 spiro atoms. The van der Waals surface area contributed by atoms with Crippen LogP contribution in [0.1, 0.15) is 104 Å². The van der Waals surface area contributed by atoms with Crippen LogP contribution in [0.25, 0.3) is 0 Å².